The highest BCUT2D eigenvalue weighted by molar-refractivity contribution is 5.00. The van der Waals surface area contributed by atoms with Gasteiger partial charge in [-0.2, -0.15) is 0 Å². The van der Waals surface area contributed by atoms with Crippen LogP contribution in [-0.2, 0) is 6.42 Å². The van der Waals surface area contributed by atoms with E-state index in [4.69, 9.17) is 4.42 Å². The van der Waals surface area contributed by atoms with Crippen molar-refractivity contribution in [2.75, 3.05) is 13.6 Å². The molecular formula is C11H20N2O. The summed E-state index contributed by atoms with van der Waals surface area (Å²) in [5.41, 5.74) is 0. The Balaban J connectivity index is 2.49. The fourth-order valence-electron chi connectivity index (χ4n) is 1.47. The fraction of sp³-hybridized carbons (Fsp3) is 0.727. The molecule has 80 valence electrons. The molecule has 3 nitrogen and oxygen atoms in total. The van der Waals surface area contributed by atoms with E-state index in [-0.39, 0.29) is 0 Å². The first kappa shape index (κ1) is 11.2. The highest BCUT2D eigenvalue weighted by Gasteiger charge is 2.10. The van der Waals surface area contributed by atoms with Crippen LogP contribution >= 0.6 is 0 Å². The van der Waals surface area contributed by atoms with E-state index in [2.05, 4.69) is 24.1 Å². The predicted octanol–water partition coefficient (Wildman–Crippen LogP) is 2.34. The Morgan fingerprint density at radius 2 is 2.36 bits per heavy atom. The van der Waals surface area contributed by atoms with Gasteiger partial charge in [-0.25, -0.2) is 4.98 Å². The van der Waals surface area contributed by atoms with Crippen LogP contribution in [0.4, 0.5) is 0 Å². The summed E-state index contributed by atoms with van der Waals surface area (Å²) in [6.07, 6.45) is 5.09. The van der Waals surface area contributed by atoms with Crippen molar-refractivity contribution in [1.82, 2.24) is 10.3 Å². The van der Waals surface area contributed by atoms with Gasteiger partial charge < -0.3 is 9.73 Å². The zero-order chi connectivity index (χ0) is 10.4. The van der Waals surface area contributed by atoms with E-state index in [0.29, 0.717) is 5.92 Å². The van der Waals surface area contributed by atoms with E-state index in [1.807, 2.05) is 13.2 Å². The highest BCUT2D eigenvalue weighted by atomic mass is 16.4. The largest absolute Gasteiger partial charge is 0.445 e. The number of rotatable bonds is 6. The lowest BCUT2D eigenvalue weighted by molar-refractivity contribution is 0.419. The third kappa shape index (κ3) is 3.14. The fourth-order valence-corrected chi connectivity index (χ4v) is 1.47. The molecule has 0 aliphatic rings. The number of nitrogens with zero attached hydrogens (tertiary/aromatic N) is 1. The summed E-state index contributed by atoms with van der Waals surface area (Å²) in [6, 6.07) is 0. The van der Waals surface area contributed by atoms with Crippen LogP contribution in [0.1, 0.15) is 44.3 Å². The molecule has 0 spiro atoms. The zero-order valence-corrected chi connectivity index (χ0v) is 9.34. The highest BCUT2D eigenvalue weighted by Crippen LogP contribution is 2.21. The molecule has 1 N–H and O–H groups in total. The third-order valence-corrected chi connectivity index (χ3v) is 2.37. The molecule has 0 saturated heterocycles. The summed E-state index contributed by atoms with van der Waals surface area (Å²) in [4.78, 5) is 4.25. The number of aromatic nitrogens is 1. The first-order valence-electron chi connectivity index (χ1n) is 5.37. The van der Waals surface area contributed by atoms with Crippen LogP contribution in [-0.4, -0.2) is 18.6 Å². The predicted molar refractivity (Wildman–Crippen MR) is 57.5 cm³/mol. The molecule has 1 aromatic rings. The van der Waals surface area contributed by atoms with Gasteiger partial charge in [-0.1, -0.05) is 20.3 Å². The first-order valence-corrected chi connectivity index (χ1v) is 5.37. The smallest absolute Gasteiger partial charge is 0.195 e. The SMILES string of the molecule is CCCC(C)c1cnc(CCNC)o1. The van der Waals surface area contributed by atoms with Crippen molar-refractivity contribution in [1.29, 1.82) is 0 Å². The monoisotopic (exact) mass is 196 g/mol. The molecule has 0 aliphatic carbocycles. The molecule has 1 rings (SSSR count). The molecule has 0 fully saturated rings. The molecule has 0 radical (unpaired) electrons. The molecule has 1 atom stereocenters. The van der Waals surface area contributed by atoms with Crippen LogP contribution in [0, 0.1) is 0 Å². The molecule has 0 aliphatic heterocycles. The van der Waals surface area contributed by atoms with Gasteiger partial charge in [0.05, 0.1) is 6.20 Å². The van der Waals surface area contributed by atoms with E-state index < -0.39 is 0 Å². The normalized spacial score (nSPS) is 13.1. The molecule has 1 aromatic heterocycles. The van der Waals surface area contributed by atoms with Gasteiger partial charge in [-0.15, -0.1) is 0 Å². The first-order chi connectivity index (χ1) is 6.77. The number of likely N-dealkylation sites (N-methyl/N-ethyl adjacent to an activating group) is 1. The third-order valence-electron chi connectivity index (χ3n) is 2.37. The molecule has 0 aromatic carbocycles. The van der Waals surface area contributed by atoms with Crippen LogP contribution in [0.25, 0.3) is 0 Å². The lowest BCUT2D eigenvalue weighted by atomic mass is 10.0. The van der Waals surface area contributed by atoms with Gasteiger partial charge >= 0.3 is 0 Å². The minimum atomic E-state index is 0.496. The molecule has 0 bridgehead atoms. The molecule has 1 unspecified atom stereocenters. The molecular weight excluding hydrogens is 176 g/mol. The minimum absolute atomic E-state index is 0.496. The van der Waals surface area contributed by atoms with Crippen molar-refractivity contribution in [3.05, 3.63) is 17.8 Å². The Labute approximate surface area is 85.9 Å². The number of hydrogen-bond donors (Lipinski definition) is 1. The number of nitrogens with one attached hydrogen (secondary N) is 1. The summed E-state index contributed by atoms with van der Waals surface area (Å²) in [7, 11) is 1.93. The Morgan fingerprint density at radius 3 is 3.00 bits per heavy atom. The zero-order valence-electron chi connectivity index (χ0n) is 9.34. The molecule has 0 amide bonds. The van der Waals surface area contributed by atoms with Crippen LogP contribution in [0.3, 0.4) is 0 Å². The standard InChI is InChI=1S/C11H20N2O/c1-4-5-9(2)10-8-13-11(14-10)6-7-12-3/h8-9,12H,4-7H2,1-3H3. The van der Waals surface area contributed by atoms with Crippen LogP contribution in [0.5, 0.6) is 0 Å². The Hall–Kier alpha value is -0.830. The number of hydrogen-bond acceptors (Lipinski definition) is 3. The minimum Gasteiger partial charge on any atom is -0.445 e. The molecule has 3 heteroatoms. The maximum atomic E-state index is 5.65. The Kier molecular flexibility index (Phi) is 4.66. The second-order valence-electron chi connectivity index (χ2n) is 3.70. The van der Waals surface area contributed by atoms with Crippen LogP contribution < -0.4 is 5.32 Å². The second-order valence-corrected chi connectivity index (χ2v) is 3.70. The van der Waals surface area contributed by atoms with Crippen LogP contribution in [0.2, 0.25) is 0 Å². The summed E-state index contributed by atoms with van der Waals surface area (Å²) in [5, 5.41) is 3.08. The number of oxazole rings is 1. The lowest BCUT2D eigenvalue weighted by Crippen LogP contribution is -2.10. The van der Waals surface area contributed by atoms with E-state index >= 15 is 0 Å². The van der Waals surface area contributed by atoms with E-state index in [0.717, 1.165) is 24.6 Å². The molecule has 14 heavy (non-hydrogen) atoms. The summed E-state index contributed by atoms with van der Waals surface area (Å²) >= 11 is 0. The summed E-state index contributed by atoms with van der Waals surface area (Å²) < 4.78 is 5.65. The van der Waals surface area contributed by atoms with E-state index in [1.54, 1.807) is 0 Å². The van der Waals surface area contributed by atoms with E-state index in [1.165, 1.54) is 12.8 Å². The Morgan fingerprint density at radius 1 is 1.57 bits per heavy atom. The van der Waals surface area contributed by atoms with Crippen molar-refractivity contribution in [3.8, 4) is 0 Å². The quantitative estimate of drug-likeness (QED) is 0.759. The van der Waals surface area contributed by atoms with Crippen LogP contribution in [0.15, 0.2) is 10.6 Å². The Bertz CT molecular complexity index is 258. The summed E-state index contributed by atoms with van der Waals surface area (Å²) in [5.74, 6) is 2.37. The van der Waals surface area contributed by atoms with Gasteiger partial charge in [0.25, 0.3) is 0 Å². The van der Waals surface area contributed by atoms with Gasteiger partial charge in [0.1, 0.15) is 5.76 Å². The average molecular weight is 196 g/mol. The van der Waals surface area contributed by atoms with E-state index in [9.17, 15) is 0 Å². The maximum Gasteiger partial charge on any atom is 0.195 e. The molecule has 1 heterocycles. The van der Waals surface area contributed by atoms with Gasteiger partial charge in [0, 0.05) is 18.9 Å². The summed E-state index contributed by atoms with van der Waals surface area (Å²) in [6.45, 7) is 5.29. The van der Waals surface area contributed by atoms with Gasteiger partial charge in [-0.3, -0.25) is 0 Å². The lowest BCUT2D eigenvalue weighted by Gasteiger charge is -2.04. The van der Waals surface area contributed by atoms with Gasteiger partial charge in [-0.05, 0) is 13.5 Å². The topological polar surface area (TPSA) is 38.1 Å². The average Bonchev–Trinajstić information content (AvgIpc) is 2.63. The van der Waals surface area contributed by atoms with Crippen molar-refractivity contribution in [3.63, 3.8) is 0 Å². The van der Waals surface area contributed by atoms with Gasteiger partial charge in [0.15, 0.2) is 5.89 Å². The van der Waals surface area contributed by atoms with Crippen molar-refractivity contribution in [2.45, 2.75) is 39.0 Å². The van der Waals surface area contributed by atoms with Crippen molar-refractivity contribution >= 4 is 0 Å². The van der Waals surface area contributed by atoms with Gasteiger partial charge in [0.2, 0.25) is 0 Å². The maximum absolute atomic E-state index is 5.65. The van der Waals surface area contributed by atoms with Crippen molar-refractivity contribution in [2.24, 2.45) is 0 Å². The second kappa shape index (κ2) is 5.81. The molecule has 0 saturated carbocycles. The van der Waals surface area contributed by atoms with Crippen molar-refractivity contribution < 1.29 is 4.42 Å².